The van der Waals surface area contributed by atoms with Crippen LogP contribution in [0.25, 0.3) is 27.8 Å². The third-order valence-electron chi connectivity index (χ3n) is 6.98. The highest BCUT2D eigenvalue weighted by atomic mass is 16.5. The van der Waals surface area contributed by atoms with E-state index in [1.165, 1.54) is 16.8 Å². The van der Waals surface area contributed by atoms with Gasteiger partial charge >= 0.3 is 0 Å². The zero-order chi connectivity index (χ0) is 24.5. The van der Waals surface area contributed by atoms with Crippen LogP contribution in [0.2, 0.25) is 0 Å². The molecule has 2 aromatic heterocycles. The second-order valence-electron chi connectivity index (χ2n) is 9.18. The molecule has 6 heteroatoms. The van der Waals surface area contributed by atoms with Crippen molar-refractivity contribution in [2.75, 3.05) is 43.1 Å². The van der Waals surface area contributed by atoms with Crippen LogP contribution in [0.15, 0.2) is 91.4 Å². The summed E-state index contributed by atoms with van der Waals surface area (Å²) in [4.78, 5) is 14.4. The zero-order valence-electron chi connectivity index (χ0n) is 20.6. The van der Waals surface area contributed by atoms with E-state index >= 15 is 0 Å². The molecule has 6 nitrogen and oxygen atoms in total. The highest BCUT2D eigenvalue weighted by Crippen LogP contribution is 2.37. The predicted molar refractivity (Wildman–Crippen MR) is 146 cm³/mol. The predicted octanol–water partition coefficient (Wildman–Crippen LogP) is 5.73. The van der Waals surface area contributed by atoms with Gasteiger partial charge in [0.2, 0.25) is 0 Å². The van der Waals surface area contributed by atoms with Crippen molar-refractivity contribution in [3.63, 3.8) is 0 Å². The molecule has 1 fully saturated rings. The zero-order valence-corrected chi connectivity index (χ0v) is 20.6. The quantitative estimate of drug-likeness (QED) is 0.325. The highest BCUT2D eigenvalue weighted by molar-refractivity contribution is 6.02. The van der Waals surface area contributed by atoms with E-state index in [0.29, 0.717) is 0 Å². The maximum Gasteiger partial charge on any atom is 0.150 e. The van der Waals surface area contributed by atoms with Crippen molar-refractivity contribution in [2.45, 2.75) is 6.92 Å². The maximum absolute atomic E-state index is 5.32. The summed E-state index contributed by atoms with van der Waals surface area (Å²) in [5.41, 5.74) is 6.81. The van der Waals surface area contributed by atoms with Crippen molar-refractivity contribution in [1.82, 2.24) is 14.5 Å². The average molecular weight is 476 g/mol. The highest BCUT2D eigenvalue weighted by Gasteiger charge is 2.24. The van der Waals surface area contributed by atoms with Crippen LogP contribution in [0, 0.1) is 6.92 Å². The molecule has 36 heavy (non-hydrogen) atoms. The van der Waals surface area contributed by atoms with Gasteiger partial charge in [-0.2, -0.15) is 0 Å². The van der Waals surface area contributed by atoms with Crippen molar-refractivity contribution < 1.29 is 4.74 Å². The third-order valence-corrected chi connectivity index (χ3v) is 6.98. The van der Waals surface area contributed by atoms with Gasteiger partial charge in [-0.25, -0.2) is 9.97 Å². The first-order chi connectivity index (χ1) is 17.7. The van der Waals surface area contributed by atoms with Crippen LogP contribution in [-0.4, -0.2) is 47.8 Å². The second-order valence-corrected chi connectivity index (χ2v) is 9.18. The molecule has 0 saturated carbocycles. The van der Waals surface area contributed by atoms with Gasteiger partial charge in [0, 0.05) is 49.3 Å². The van der Waals surface area contributed by atoms with Gasteiger partial charge in [-0.3, -0.25) is 0 Å². The van der Waals surface area contributed by atoms with E-state index in [9.17, 15) is 0 Å². The Kier molecular flexibility index (Phi) is 5.77. The summed E-state index contributed by atoms with van der Waals surface area (Å²) in [6.07, 6.45) is 3.91. The monoisotopic (exact) mass is 475 g/mol. The first kappa shape index (κ1) is 22.2. The number of ether oxygens (including phenoxy) is 1. The summed E-state index contributed by atoms with van der Waals surface area (Å²) in [5, 5.41) is 1.10. The van der Waals surface area contributed by atoms with Crippen LogP contribution in [0.4, 0.5) is 11.5 Å². The van der Waals surface area contributed by atoms with E-state index in [0.717, 1.165) is 60.0 Å². The van der Waals surface area contributed by atoms with Crippen molar-refractivity contribution in [1.29, 1.82) is 0 Å². The number of nitrogens with zero attached hydrogens (tertiary/aromatic N) is 5. The molecule has 3 aromatic carbocycles. The number of methoxy groups -OCH3 is 1. The minimum atomic E-state index is 0.882. The van der Waals surface area contributed by atoms with Gasteiger partial charge < -0.3 is 19.1 Å². The molecule has 180 valence electrons. The largest absolute Gasteiger partial charge is 0.497 e. The standard InChI is InChI=1S/C30H29N5O/c1-22-8-10-25(11-9-22)35-20-27(23-6-4-3-5-7-23)28-29(31-21-32-30(28)35)34-18-16-33(17-19-34)24-12-14-26(36-2)15-13-24/h3-15,20-21H,16-19H2,1-2H3. The lowest BCUT2D eigenvalue weighted by molar-refractivity contribution is 0.415. The molecular formula is C30H29N5O. The number of piperazine rings is 1. The van der Waals surface area contributed by atoms with Crippen LogP contribution in [-0.2, 0) is 0 Å². The van der Waals surface area contributed by atoms with Gasteiger partial charge in [-0.05, 0) is 48.9 Å². The fourth-order valence-corrected chi connectivity index (χ4v) is 4.99. The summed E-state index contributed by atoms with van der Waals surface area (Å²) in [5.74, 6) is 1.88. The van der Waals surface area contributed by atoms with Gasteiger partial charge in [0.05, 0.1) is 12.5 Å². The Morgan fingerprint density at radius 1 is 0.722 bits per heavy atom. The summed E-state index contributed by atoms with van der Waals surface area (Å²) in [6.45, 7) is 5.75. The summed E-state index contributed by atoms with van der Waals surface area (Å²) < 4.78 is 7.51. The van der Waals surface area contributed by atoms with E-state index < -0.39 is 0 Å². The summed E-state index contributed by atoms with van der Waals surface area (Å²) >= 11 is 0. The first-order valence-electron chi connectivity index (χ1n) is 12.3. The number of benzene rings is 3. The molecule has 5 aromatic rings. The lowest BCUT2D eigenvalue weighted by Gasteiger charge is -2.37. The molecule has 6 rings (SSSR count). The van der Waals surface area contributed by atoms with E-state index in [-0.39, 0.29) is 0 Å². The molecule has 3 heterocycles. The summed E-state index contributed by atoms with van der Waals surface area (Å²) in [7, 11) is 1.70. The Bertz CT molecular complexity index is 1470. The van der Waals surface area contributed by atoms with Crippen LogP contribution >= 0.6 is 0 Å². The lowest BCUT2D eigenvalue weighted by Crippen LogP contribution is -2.46. The van der Waals surface area contributed by atoms with Crippen LogP contribution in [0.5, 0.6) is 5.75 Å². The Balaban J connectivity index is 1.38. The topological polar surface area (TPSA) is 46.4 Å². The van der Waals surface area contributed by atoms with Crippen molar-refractivity contribution in [3.05, 3.63) is 97.0 Å². The Hall–Kier alpha value is -4.32. The number of fused-ring (bicyclic) bond motifs is 1. The number of aryl methyl sites for hydroxylation is 1. The molecule has 1 aliphatic heterocycles. The Morgan fingerprint density at radius 3 is 2.08 bits per heavy atom. The molecule has 0 bridgehead atoms. The molecular weight excluding hydrogens is 446 g/mol. The Morgan fingerprint density at radius 2 is 1.39 bits per heavy atom. The molecule has 0 unspecified atom stereocenters. The van der Waals surface area contributed by atoms with Gasteiger partial charge in [0.1, 0.15) is 17.9 Å². The SMILES string of the molecule is COc1ccc(N2CCN(c3ncnc4c3c(-c3ccccc3)cn4-c3ccc(C)cc3)CC2)cc1. The number of hydrogen-bond acceptors (Lipinski definition) is 5. The molecule has 1 aliphatic rings. The molecule has 0 N–H and O–H groups in total. The van der Waals surface area contributed by atoms with Gasteiger partial charge in [-0.15, -0.1) is 0 Å². The number of anilines is 2. The van der Waals surface area contributed by atoms with Crippen LogP contribution in [0.3, 0.4) is 0 Å². The summed E-state index contributed by atoms with van der Waals surface area (Å²) in [6, 6.07) is 27.4. The number of rotatable bonds is 5. The van der Waals surface area contributed by atoms with E-state index in [1.807, 2.05) is 12.1 Å². The molecule has 0 spiro atoms. The number of hydrogen-bond donors (Lipinski definition) is 0. The first-order valence-corrected chi connectivity index (χ1v) is 12.3. The normalized spacial score (nSPS) is 13.8. The van der Waals surface area contributed by atoms with Crippen molar-refractivity contribution >= 4 is 22.5 Å². The minimum Gasteiger partial charge on any atom is -0.497 e. The third kappa shape index (κ3) is 4.05. The fourth-order valence-electron chi connectivity index (χ4n) is 4.99. The number of aromatic nitrogens is 3. The minimum absolute atomic E-state index is 0.882. The van der Waals surface area contributed by atoms with Gasteiger partial charge in [-0.1, -0.05) is 48.0 Å². The molecule has 0 amide bonds. The maximum atomic E-state index is 5.32. The van der Waals surface area contributed by atoms with Gasteiger partial charge in [0.15, 0.2) is 5.65 Å². The molecule has 1 saturated heterocycles. The smallest absolute Gasteiger partial charge is 0.150 e. The Labute approximate surface area is 211 Å². The molecule has 0 radical (unpaired) electrons. The fraction of sp³-hybridized carbons (Fsp3) is 0.200. The van der Waals surface area contributed by atoms with Crippen LogP contribution in [0.1, 0.15) is 5.56 Å². The van der Waals surface area contributed by atoms with Crippen molar-refractivity contribution in [3.8, 4) is 22.6 Å². The van der Waals surface area contributed by atoms with E-state index in [4.69, 9.17) is 14.7 Å². The second kappa shape index (κ2) is 9.38. The van der Waals surface area contributed by atoms with Gasteiger partial charge in [0.25, 0.3) is 0 Å². The molecule has 0 aliphatic carbocycles. The lowest BCUT2D eigenvalue weighted by atomic mass is 10.1. The van der Waals surface area contributed by atoms with E-state index in [1.54, 1.807) is 13.4 Å². The van der Waals surface area contributed by atoms with E-state index in [2.05, 4.69) is 94.2 Å². The average Bonchev–Trinajstić information content (AvgIpc) is 3.34. The van der Waals surface area contributed by atoms with Crippen molar-refractivity contribution in [2.24, 2.45) is 0 Å². The molecule has 0 atom stereocenters. The van der Waals surface area contributed by atoms with Crippen LogP contribution < -0.4 is 14.5 Å².